The molecule has 1 aliphatic rings. The summed E-state index contributed by atoms with van der Waals surface area (Å²) in [7, 11) is 1.94. The number of ketones is 1. The van der Waals surface area contributed by atoms with E-state index in [0.717, 1.165) is 59.6 Å². The van der Waals surface area contributed by atoms with Gasteiger partial charge in [0.05, 0.1) is 6.42 Å². The molecule has 0 saturated carbocycles. The number of nitrogens with zero attached hydrogens (tertiary/aromatic N) is 1. The number of carbonyl (C=O) groups is 1. The summed E-state index contributed by atoms with van der Waals surface area (Å²) in [6.45, 7) is 9.38. The van der Waals surface area contributed by atoms with Crippen LogP contribution in [0.4, 0.5) is 8.78 Å². The summed E-state index contributed by atoms with van der Waals surface area (Å²) in [5.41, 5.74) is 4.79. The van der Waals surface area contributed by atoms with Crippen LogP contribution < -0.4 is 4.74 Å². The van der Waals surface area contributed by atoms with E-state index in [1.165, 1.54) is 0 Å². The zero-order chi connectivity index (χ0) is 26.1. The minimum absolute atomic E-state index is 0.0163. The second-order valence-corrected chi connectivity index (χ2v) is 9.18. The molecular formula is C31H35F2NO2. The Morgan fingerprint density at radius 1 is 1.17 bits per heavy atom. The highest BCUT2D eigenvalue weighted by molar-refractivity contribution is 5.97. The Morgan fingerprint density at radius 2 is 1.92 bits per heavy atom. The van der Waals surface area contributed by atoms with Crippen molar-refractivity contribution < 1.29 is 18.3 Å². The molecule has 3 nitrogen and oxygen atoms in total. The SMILES string of the molecule is C=CCC(F)(F)Oc1ccc(-c2cc(CCC(CCC)C(=O)C3=CN(C)C=CC3)ccc2C=C)cc1. The summed E-state index contributed by atoms with van der Waals surface area (Å²) in [6.07, 6.45) is 9.04. The Kier molecular flexibility index (Phi) is 9.40. The number of hydrogen-bond donors (Lipinski definition) is 0. The lowest BCUT2D eigenvalue weighted by molar-refractivity contribution is -0.172. The number of hydrogen-bond acceptors (Lipinski definition) is 3. The first-order valence-electron chi connectivity index (χ1n) is 12.4. The summed E-state index contributed by atoms with van der Waals surface area (Å²) < 4.78 is 32.3. The number of allylic oxidation sites excluding steroid dienone is 2. The van der Waals surface area contributed by atoms with Gasteiger partial charge < -0.3 is 9.64 Å². The molecule has 0 saturated heterocycles. The molecular weight excluding hydrogens is 456 g/mol. The van der Waals surface area contributed by atoms with Crippen molar-refractivity contribution in [2.45, 2.75) is 51.6 Å². The number of aryl methyl sites for hydroxylation is 1. The van der Waals surface area contributed by atoms with Gasteiger partial charge in [-0.05, 0) is 66.3 Å². The first-order chi connectivity index (χ1) is 17.3. The third-order valence-electron chi connectivity index (χ3n) is 6.30. The van der Waals surface area contributed by atoms with Gasteiger partial charge in [0.1, 0.15) is 5.75 Å². The van der Waals surface area contributed by atoms with Crippen molar-refractivity contribution >= 4 is 11.9 Å². The van der Waals surface area contributed by atoms with E-state index in [4.69, 9.17) is 4.74 Å². The molecule has 36 heavy (non-hydrogen) atoms. The maximum Gasteiger partial charge on any atom is 0.401 e. The highest BCUT2D eigenvalue weighted by atomic mass is 19.3. The second-order valence-electron chi connectivity index (χ2n) is 9.18. The number of carbonyl (C=O) groups excluding carboxylic acids is 1. The van der Waals surface area contributed by atoms with Crippen LogP contribution in [0.3, 0.4) is 0 Å². The van der Waals surface area contributed by atoms with Crippen molar-refractivity contribution in [2.75, 3.05) is 7.05 Å². The standard InChI is InChI=1S/C31H35F2NO2/c1-5-9-26(30(35)27-10-8-20-34(4)22-27)14-12-23-11-13-24(7-3)29(21-23)25-15-17-28(18-16-25)36-31(32,33)19-6-2/h6-8,11,13,15-18,20-22,26H,2-3,5,9-10,12,14,19H2,1,4H3. The Hall–Kier alpha value is -3.47. The van der Waals surface area contributed by atoms with Crippen LogP contribution in [0.25, 0.3) is 17.2 Å². The smallest absolute Gasteiger partial charge is 0.401 e. The van der Waals surface area contributed by atoms with E-state index in [0.29, 0.717) is 6.42 Å². The Bertz CT molecular complexity index is 1130. The Labute approximate surface area is 213 Å². The lowest BCUT2D eigenvalue weighted by atomic mass is 9.86. The number of benzene rings is 2. The van der Waals surface area contributed by atoms with Gasteiger partial charge in [-0.2, -0.15) is 8.78 Å². The molecule has 2 aromatic rings. The fraction of sp³-hybridized carbons (Fsp3) is 0.323. The van der Waals surface area contributed by atoms with E-state index in [1.807, 2.05) is 36.5 Å². The molecule has 0 spiro atoms. The van der Waals surface area contributed by atoms with Crippen molar-refractivity contribution in [3.8, 4) is 16.9 Å². The number of alkyl halides is 2. The van der Waals surface area contributed by atoms with Gasteiger partial charge in [0.15, 0.2) is 5.78 Å². The average molecular weight is 492 g/mol. The predicted octanol–water partition coefficient (Wildman–Crippen LogP) is 8.20. The summed E-state index contributed by atoms with van der Waals surface area (Å²) in [5, 5.41) is 0. The molecule has 0 aliphatic carbocycles. The molecule has 1 aliphatic heterocycles. The largest absolute Gasteiger partial charge is 0.432 e. The van der Waals surface area contributed by atoms with Crippen molar-refractivity contribution in [2.24, 2.45) is 5.92 Å². The van der Waals surface area contributed by atoms with E-state index in [2.05, 4.69) is 32.2 Å². The lowest BCUT2D eigenvalue weighted by Gasteiger charge is -2.21. The van der Waals surface area contributed by atoms with Crippen LogP contribution in [-0.2, 0) is 11.2 Å². The highest BCUT2D eigenvalue weighted by Crippen LogP contribution is 2.31. The van der Waals surface area contributed by atoms with Crippen LogP contribution in [-0.4, -0.2) is 23.8 Å². The van der Waals surface area contributed by atoms with Crippen LogP contribution in [0, 0.1) is 5.92 Å². The quantitative estimate of drug-likeness (QED) is 0.265. The second kappa shape index (κ2) is 12.5. The van der Waals surface area contributed by atoms with Gasteiger partial charge in [0.25, 0.3) is 0 Å². The normalized spacial score (nSPS) is 14.2. The van der Waals surface area contributed by atoms with Crippen molar-refractivity contribution in [1.82, 2.24) is 4.90 Å². The molecule has 0 amide bonds. The van der Waals surface area contributed by atoms with Crippen LogP contribution in [0.15, 0.2) is 85.7 Å². The minimum atomic E-state index is -3.29. The topological polar surface area (TPSA) is 29.5 Å². The van der Waals surface area contributed by atoms with Gasteiger partial charge in [0.2, 0.25) is 0 Å². The van der Waals surface area contributed by atoms with Gasteiger partial charge >= 0.3 is 6.11 Å². The van der Waals surface area contributed by atoms with Gasteiger partial charge in [-0.3, -0.25) is 4.79 Å². The number of halogens is 2. The van der Waals surface area contributed by atoms with E-state index in [1.54, 1.807) is 30.3 Å². The van der Waals surface area contributed by atoms with Crippen molar-refractivity contribution in [3.63, 3.8) is 0 Å². The summed E-state index contributed by atoms with van der Waals surface area (Å²) in [6, 6.07) is 12.8. The first-order valence-corrected chi connectivity index (χ1v) is 12.4. The van der Waals surface area contributed by atoms with Crippen molar-refractivity contribution in [3.05, 3.63) is 96.9 Å². The molecule has 1 unspecified atom stereocenters. The summed E-state index contributed by atoms with van der Waals surface area (Å²) in [4.78, 5) is 15.1. The molecule has 2 aromatic carbocycles. The highest BCUT2D eigenvalue weighted by Gasteiger charge is 2.29. The maximum absolute atomic E-state index is 13.8. The molecule has 5 heteroatoms. The van der Waals surface area contributed by atoms with Gasteiger partial charge in [-0.25, -0.2) is 0 Å². The third-order valence-corrected chi connectivity index (χ3v) is 6.30. The summed E-state index contributed by atoms with van der Waals surface area (Å²) in [5.74, 6) is 0.317. The van der Waals surface area contributed by atoms with E-state index >= 15 is 0 Å². The lowest BCUT2D eigenvalue weighted by Crippen LogP contribution is -2.23. The molecule has 1 heterocycles. The minimum Gasteiger partial charge on any atom is -0.432 e. The monoisotopic (exact) mass is 491 g/mol. The van der Waals surface area contributed by atoms with E-state index in [-0.39, 0.29) is 17.5 Å². The first kappa shape index (κ1) is 27.1. The molecule has 0 N–H and O–H groups in total. The zero-order valence-corrected chi connectivity index (χ0v) is 21.2. The third kappa shape index (κ3) is 7.27. The summed E-state index contributed by atoms with van der Waals surface area (Å²) >= 11 is 0. The molecule has 0 aromatic heterocycles. The Morgan fingerprint density at radius 3 is 2.56 bits per heavy atom. The number of Topliss-reactive ketones (excluding diaryl/α,β-unsaturated/α-hetero) is 1. The molecule has 190 valence electrons. The molecule has 1 atom stereocenters. The van der Waals surface area contributed by atoms with Crippen LogP contribution >= 0.6 is 0 Å². The fourth-order valence-corrected chi connectivity index (χ4v) is 4.48. The molecule has 0 fully saturated rings. The van der Waals surface area contributed by atoms with E-state index < -0.39 is 12.5 Å². The maximum atomic E-state index is 13.8. The number of ether oxygens (including phenoxy) is 1. The van der Waals surface area contributed by atoms with Gasteiger partial charge in [-0.15, -0.1) is 6.58 Å². The molecule has 0 bridgehead atoms. The average Bonchev–Trinajstić information content (AvgIpc) is 2.86. The predicted molar refractivity (Wildman–Crippen MR) is 144 cm³/mol. The van der Waals surface area contributed by atoms with Crippen molar-refractivity contribution in [1.29, 1.82) is 0 Å². The zero-order valence-electron chi connectivity index (χ0n) is 21.2. The van der Waals surface area contributed by atoms with Crippen LogP contribution in [0.1, 0.15) is 50.2 Å². The Balaban J connectivity index is 1.76. The van der Waals surface area contributed by atoms with Crippen LogP contribution in [0.2, 0.25) is 0 Å². The van der Waals surface area contributed by atoms with Gasteiger partial charge in [-0.1, -0.05) is 68.5 Å². The van der Waals surface area contributed by atoms with Gasteiger partial charge in [0, 0.05) is 24.7 Å². The molecule has 0 radical (unpaired) electrons. The molecule has 3 rings (SSSR count). The fourth-order valence-electron chi connectivity index (χ4n) is 4.48. The van der Waals surface area contributed by atoms with E-state index in [9.17, 15) is 13.6 Å². The number of rotatable bonds is 13. The van der Waals surface area contributed by atoms with Crippen LogP contribution in [0.5, 0.6) is 5.75 Å².